The summed E-state index contributed by atoms with van der Waals surface area (Å²) < 4.78 is 0. The van der Waals surface area contributed by atoms with Gasteiger partial charge in [-0.3, -0.25) is 0 Å². The molecule has 1 saturated carbocycles. The minimum Gasteiger partial charge on any atom is -0.389 e. The van der Waals surface area contributed by atoms with E-state index in [4.69, 9.17) is 18.0 Å². The predicted molar refractivity (Wildman–Crippen MR) is 54.3 cm³/mol. The van der Waals surface area contributed by atoms with Crippen LogP contribution in [0.4, 0.5) is 0 Å². The van der Waals surface area contributed by atoms with Gasteiger partial charge in [0.1, 0.15) is 4.99 Å². The van der Waals surface area contributed by atoms with E-state index >= 15 is 0 Å². The summed E-state index contributed by atoms with van der Waals surface area (Å²) in [4.78, 5) is 0.484. The number of nitrogens with two attached hydrogens (primary N) is 1. The maximum absolute atomic E-state index is 5.49. The quantitative estimate of drug-likeness (QED) is 0.701. The molecule has 1 aromatic rings. The molecule has 2 heteroatoms. The van der Waals surface area contributed by atoms with Gasteiger partial charge in [0, 0.05) is 5.56 Å². The van der Waals surface area contributed by atoms with Gasteiger partial charge in [0.25, 0.3) is 0 Å². The molecule has 0 saturated heterocycles. The Kier molecular flexibility index (Phi) is 1.85. The molecule has 0 bridgehead atoms. The van der Waals surface area contributed by atoms with E-state index < -0.39 is 0 Å². The lowest BCUT2D eigenvalue weighted by Gasteiger charge is -2.00. The first kappa shape index (κ1) is 7.74. The first-order chi connectivity index (χ1) is 5.77. The number of hydrogen-bond acceptors (Lipinski definition) is 1. The zero-order valence-corrected chi connectivity index (χ0v) is 7.60. The van der Waals surface area contributed by atoms with E-state index in [1.807, 2.05) is 12.1 Å². The van der Waals surface area contributed by atoms with Crippen molar-refractivity contribution in [1.29, 1.82) is 0 Å². The van der Waals surface area contributed by atoms with Crippen molar-refractivity contribution in [3.05, 3.63) is 35.4 Å². The summed E-state index contributed by atoms with van der Waals surface area (Å²) in [5.41, 5.74) is 7.88. The molecule has 2 rings (SSSR count). The SMILES string of the molecule is NC(=S)c1ccc(C2CC2)cc1. The molecule has 1 aliphatic carbocycles. The molecule has 0 heterocycles. The van der Waals surface area contributed by atoms with Crippen molar-refractivity contribution in [2.24, 2.45) is 5.73 Å². The lowest BCUT2D eigenvalue weighted by Crippen LogP contribution is -2.08. The highest BCUT2D eigenvalue weighted by atomic mass is 32.1. The molecule has 0 spiro atoms. The fourth-order valence-electron chi connectivity index (χ4n) is 1.34. The summed E-state index contributed by atoms with van der Waals surface area (Å²) >= 11 is 4.86. The molecule has 62 valence electrons. The molecule has 0 aliphatic heterocycles. The number of thiocarbonyl (C=S) groups is 1. The van der Waals surface area contributed by atoms with E-state index in [-0.39, 0.29) is 0 Å². The molecule has 12 heavy (non-hydrogen) atoms. The summed E-state index contributed by atoms with van der Waals surface area (Å²) in [6, 6.07) is 8.28. The summed E-state index contributed by atoms with van der Waals surface area (Å²) in [5, 5.41) is 0. The molecule has 1 fully saturated rings. The van der Waals surface area contributed by atoms with Crippen molar-refractivity contribution in [2.45, 2.75) is 18.8 Å². The van der Waals surface area contributed by atoms with Gasteiger partial charge in [-0.25, -0.2) is 0 Å². The molecule has 1 nitrogen and oxygen atoms in total. The lowest BCUT2D eigenvalue weighted by molar-refractivity contribution is 1.13. The van der Waals surface area contributed by atoms with Gasteiger partial charge in [-0.1, -0.05) is 36.5 Å². The topological polar surface area (TPSA) is 26.0 Å². The maximum atomic E-state index is 5.49. The van der Waals surface area contributed by atoms with Gasteiger partial charge < -0.3 is 5.73 Å². The monoisotopic (exact) mass is 177 g/mol. The third-order valence-electron chi connectivity index (χ3n) is 2.24. The van der Waals surface area contributed by atoms with Crippen LogP contribution in [0.25, 0.3) is 0 Å². The second-order valence-corrected chi connectivity index (χ2v) is 3.70. The van der Waals surface area contributed by atoms with Crippen LogP contribution in [0.3, 0.4) is 0 Å². The highest BCUT2D eigenvalue weighted by Crippen LogP contribution is 2.39. The molecule has 0 atom stereocenters. The lowest BCUT2D eigenvalue weighted by atomic mass is 10.1. The normalized spacial score (nSPS) is 16.0. The van der Waals surface area contributed by atoms with E-state index in [1.165, 1.54) is 18.4 Å². The van der Waals surface area contributed by atoms with Crippen LogP contribution in [0.1, 0.15) is 29.9 Å². The summed E-state index contributed by atoms with van der Waals surface area (Å²) in [5.74, 6) is 0.811. The van der Waals surface area contributed by atoms with Gasteiger partial charge in [0.15, 0.2) is 0 Å². The largest absolute Gasteiger partial charge is 0.389 e. The Bertz CT molecular complexity index is 298. The third kappa shape index (κ3) is 1.48. The third-order valence-corrected chi connectivity index (χ3v) is 2.48. The maximum Gasteiger partial charge on any atom is 0.103 e. The van der Waals surface area contributed by atoms with Gasteiger partial charge >= 0.3 is 0 Å². The molecule has 0 radical (unpaired) electrons. The Hall–Kier alpha value is -0.890. The second-order valence-electron chi connectivity index (χ2n) is 3.26. The van der Waals surface area contributed by atoms with Gasteiger partial charge in [0.05, 0.1) is 0 Å². The number of hydrogen-bond donors (Lipinski definition) is 1. The van der Waals surface area contributed by atoms with E-state index in [9.17, 15) is 0 Å². The Morgan fingerprint density at radius 1 is 1.25 bits per heavy atom. The van der Waals surface area contributed by atoms with Crippen LogP contribution in [-0.4, -0.2) is 4.99 Å². The molecular weight excluding hydrogens is 166 g/mol. The fourth-order valence-corrected chi connectivity index (χ4v) is 1.47. The van der Waals surface area contributed by atoms with Crippen LogP contribution in [0.5, 0.6) is 0 Å². The summed E-state index contributed by atoms with van der Waals surface area (Å²) in [7, 11) is 0. The minimum absolute atomic E-state index is 0.484. The first-order valence-electron chi connectivity index (χ1n) is 4.17. The van der Waals surface area contributed by atoms with Crippen LogP contribution in [0, 0.1) is 0 Å². The average Bonchev–Trinajstić information content (AvgIpc) is 2.87. The van der Waals surface area contributed by atoms with E-state index in [0.717, 1.165) is 11.5 Å². The molecule has 1 aromatic carbocycles. The predicted octanol–water partition coefficient (Wildman–Crippen LogP) is 2.20. The zero-order chi connectivity index (χ0) is 8.55. The van der Waals surface area contributed by atoms with Crippen LogP contribution in [-0.2, 0) is 0 Å². The Morgan fingerprint density at radius 3 is 2.25 bits per heavy atom. The van der Waals surface area contributed by atoms with Gasteiger partial charge in [-0.15, -0.1) is 0 Å². The van der Waals surface area contributed by atoms with Gasteiger partial charge in [-0.05, 0) is 24.3 Å². The van der Waals surface area contributed by atoms with Crippen molar-refractivity contribution >= 4 is 17.2 Å². The van der Waals surface area contributed by atoms with Crippen LogP contribution in [0.2, 0.25) is 0 Å². The number of benzene rings is 1. The van der Waals surface area contributed by atoms with Crippen LogP contribution in [0.15, 0.2) is 24.3 Å². The van der Waals surface area contributed by atoms with Crippen molar-refractivity contribution < 1.29 is 0 Å². The molecule has 0 aromatic heterocycles. The zero-order valence-electron chi connectivity index (χ0n) is 6.79. The molecular formula is C10H11NS. The highest BCUT2D eigenvalue weighted by molar-refractivity contribution is 7.80. The second kappa shape index (κ2) is 2.87. The summed E-state index contributed by atoms with van der Waals surface area (Å²) in [6.45, 7) is 0. The van der Waals surface area contributed by atoms with Crippen LogP contribution >= 0.6 is 12.2 Å². The average molecular weight is 177 g/mol. The Morgan fingerprint density at radius 2 is 1.83 bits per heavy atom. The highest BCUT2D eigenvalue weighted by Gasteiger charge is 2.22. The van der Waals surface area contributed by atoms with Crippen molar-refractivity contribution in [1.82, 2.24) is 0 Å². The summed E-state index contributed by atoms with van der Waals surface area (Å²) in [6.07, 6.45) is 2.68. The smallest absolute Gasteiger partial charge is 0.103 e. The van der Waals surface area contributed by atoms with E-state index in [2.05, 4.69) is 12.1 Å². The number of rotatable bonds is 2. The van der Waals surface area contributed by atoms with Gasteiger partial charge in [0.2, 0.25) is 0 Å². The minimum atomic E-state index is 0.484. The first-order valence-corrected chi connectivity index (χ1v) is 4.58. The molecule has 1 aliphatic rings. The van der Waals surface area contributed by atoms with Crippen LogP contribution < -0.4 is 5.73 Å². The Balaban J connectivity index is 2.24. The van der Waals surface area contributed by atoms with E-state index in [1.54, 1.807) is 0 Å². The van der Waals surface area contributed by atoms with Gasteiger partial charge in [-0.2, -0.15) is 0 Å². The van der Waals surface area contributed by atoms with E-state index in [0.29, 0.717) is 4.99 Å². The Labute approximate surface area is 77.6 Å². The van der Waals surface area contributed by atoms with Crippen molar-refractivity contribution in [2.75, 3.05) is 0 Å². The molecule has 2 N–H and O–H groups in total. The molecule has 0 amide bonds. The van der Waals surface area contributed by atoms with Crippen molar-refractivity contribution in [3.8, 4) is 0 Å². The standard InChI is InChI=1S/C10H11NS/c11-10(12)9-5-3-8(4-6-9)7-1-2-7/h3-7H,1-2H2,(H2,11,12). The molecule has 0 unspecified atom stereocenters. The fraction of sp³-hybridized carbons (Fsp3) is 0.300. The van der Waals surface area contributed by atoms with Crippen molar-refractivity contribution in [3.63, 3.8) is 0 Å².